The van der Waals surface area contributed by atoms with Crippen molar-refractivity contribution in [2.45, 2.75) is 59.5 Å². The third kappa shape index (κ3) is 5.68. The number of ether oxygens (including phenoxy) is 1. The third-order valence-corrected chi connectivity index (χ3v) is 7.30. The molecule has 0 unspecified atom stereocenters. The van der Waals surface area contributed by atoms with E-state index < -0.39 is 6.10 Å². The number of nitrogens with one attached hydrogen (secondary N) is 1. The topological polar surface area (TPSA) is 93.3 Å². The predicted octanol–water partition coefficient (Wildman–Crippen LogP) is 5.32. The van der Waals surface area contributed by atoms with Gasteiger partial charge in [0.1, 0.15) is 24.2 Å². The Morgan fingerprint density at radius 3 is 2.63 bits per heavy atom. The van der Waals surface area contributed by atoms with Crippen LogP contribution in [0.5, 0.6) is 5.75 Å². The minimum Gasteiger partial charge on any atom is -0.491 e. The zero-order chi connectivity index (χ0) is 25.1. The zero-order valence-electron chi connectivity index (χ0n) is 21.2. The summed E-state index contributed by atoms with van der Waals surface area (Å²) in [6.45, 7) is 8.81. The number of aliphatic hydroxyl groups excluding tert-OH is 1. The molecule has 2 heterocycles. The van der Waals surface area contributed by atoms with Gasteiger partial charge in [-0.2, -0.15) is 0 Å². The molecule has 1 aliphatic rings. The molecule has 0 amide bonds. The van der Waals surface area contributed by atoms with Crippen LogP contribution in [0.1, 0.15) is 48.9 Å². The summed E-state index contributed by atoms with van der Waals surface area (Å²) in [6.07, 6.45) is 4.03. The number of likely N-dealkylation sites (N-methyl/N-ethyl adjacent to an activating group) is 1. The Labute approximate surface area is 212 Å². The van der Waals surface area contributed by atoms with Gasteiger partial charge in [0.2, 0.25) is 0 Å². The van der Waals surface area contributed by atoms with Crippen LogP contribution in [0.3, 0.4) is 0 Å². The summed E-state index contributed by atoms with van der Waals surface area (Å²) in [5.41, 5.74) is 5.34. The van der Waals surface area contributed by atoms with Crippen molar-refractivity contribution < 1.29 is 14.4 Å². The van der Waals surface area contributed by atoms with Gasteiger partial charge in [-0.05, 0) is 82.7 Å². The maximum Gasteiger partial charge on any atom is 0.161 e. The molecule has 35 heavy (non-hydrogen) atoms. The van der Waals surface area contributed by atoms with Crippen LogP contribution in [0.4, 0.5) is 0 Å². The first-order valence-corrected chi connectivity index (χ1v) is 12.7. The quantitative estimate of drug-likeness (QED) is 0.391. The maximum absolute atomic E-state index is 10.0. The molecule has 2 aromatic heterocycles. The number of aryl methyl sites for hydroxylation is 2. The Kier molecular flexibility index (Phi) is 8.09. The highest BCUT2D eigenvalue weighted by atomic mass is 35.5. The van der Waals surface area contributed by atoms with Gasteiger partial charge in [0.05, 0.1) is 22.0 Å². The van der Waals surface area contributed by atoms with Gasteiger partial charge in [0.25, 0.3) is 0 Å². The summed E-state index contributed by atoms with van der Waals surface area (Å²) in [6, 6.07) is 5.42. The number of hydrogen-bond acceptors (Lipinski definition) is 7. The number of rotatable bonds is 10. The summed E-state index contributed by atoms with van der Waals surface area (Å²) in [5, 5.41) is 17.6. The molecule has 0 bridgehead atoms. The molecular weight excluding hydrogens is 464 g/mol. The molecule has 3 aromatic rings. The zero-order valence-corrected chi connectivity index (χ0v) is 21.9. The second-order valence-corrected chi connectivity index (χ2v) is 10.1. The SMILES string of the molecule is CCC1CC(Cc2nc(-c3cc(OC[C@H](O)CNC)ccc3Cl)nc(-c3c(C)noc3C)c2C)C1. The molecule has 1 atom stereocenters. The van der Waals surface area contributed by atoms with E-state index in [2.05, 4.69) is 24.3 Å². The average molecular weight is 499 g/mol. The van der Waals surface area contributed by atoms with Gasteiger partial charge in [0.15, 0.2) is 5.82 Å². The van der Waals surface area contributed by atoms with Crippen LogP contribution < -0.4 is 10.1 Å². The van der Waals surface area contributed by atoms with E-state index in [9.17, 15) is 5.11 Å². The molecule has 2 N–H and O–H groups in total. The number of nitrogens with zero attached hydrogens (tertiary/aromatic N) is 3. The Morgan fingerprint density at radius 2 is 1.97 bits per heavy atom. The number of benzene rings is 1. The maximum atomic E-state index is 10.0. The lowest BCUT2D eigenvalue weighted by Gasteiger charge is -2.35. The van der Waals surface area contributed by atoms with Crippen LogP contribution in [0.2, 0.25) is 5.02 Å². The minimum atomic E-state index is -0.609. The number of hydrogen-bond donors (Lipinski definition) is 2. The van der Waals surface area contributed by atoms with Gasteiger partial charge in [-0.1, -0.05) is 30.1 Å². The van der Waals surface area contributed by atoms with Gasteiger partial charge in [0, 0.05) is 17.8 Å². The Hall–Kier alpha value is -2.48. The van der Waals surface area contributed by atoms with E-state index in [4.69, 9.17) is 30.8 Å². The molecule has 1 saturated carbocycles. The van der Waals surface area contributed by atoms with E-state index in [0.717, 1.165) is 46.3 Å². The smallest absolute Gasteiger partial charge is 0.161 e. The standard InChI is InChI=1S/C27H35ClN4O3/c1-6-18-9-19(10-18)11-24-15(2)26(25-16(3)32-35-17(25)4)31-27(30-24)22-12-21(7-8-23(22)28)34-14-20(33)13-29-5/h7-8,12,18-20,29,33H,6,9-11,13-14H2,1-5H3/t18?,19?,20-/m1/s1. The van der Waals surface area contributed by atoms with Crippen molar-refractivity contribution in [2.75, 3.05) is 20.2 Å². The summed E-state index contributed by atoms with van der Waals surface area (Å²) >= 11 is 6.63. The highest BCUT2D eigenvalue weighted by Gasteiger charge is 2.30. The van der Waals surface area contributed by atoms with E-state index in [-0.39, 0.29) is 6.61 Å². The molecule has 1 aromatic carbocycles. The van der Waals surface area contributed by atoms with Crippen LogP contribution >= 0.6 is 11.6 Å². The highest BCUT2D eigenvalue weighted by molar-refractivity contribution is 6.33. The number of aliphatic hydroxyl groups is 1. The van der Waals surface area contributed by atoms with E-state index in [1.54, 1.807) is 19.2 Å². The normalized spacial score (nSPS) is 18.4. The fourth-order valence-electron chi connectivity index (χ4n) is 4.85. The van der Waals surface area contributed by atoms with Crippen LogP contribution in [-0.2, 0) is 6.42 Å². The molecule has 1 fully saturated rings. The minimum absolute atomic E-state index is 0.173. The Balaban J connectivity index is 1.73. The lowest BCUT2D eigenvalue weighted by molar-refractivity contribution is 0.108. The van der Waals surface area contributed by atoms with Crippen molar-refractivity contribution in [2.24, 2.45) is 11.8 Å². The van der Waals surface area contributed by atoms with Crippen molar-refractivity contribution in [3.8, 4) is 28.4 Å². The summed E-state index contributed by atoms with van der Waals surface area (Å²) in [4.78, 5) is 9.98. The molecule has 1 aliphatic carbocycles. The van der Waals surface area contributed by atoms with Crippen molar-refractivity contribution in [1.82, 2.24) is 20.4 Å². The van der Waals surface area contributed by atoms with Gasteiger partial charge in [-0.3, -0.25) is 0 Å². The van der Waals surface area contributed by atoms with Gasteiger partial charge >= 0.3 is 0 Å². The third-order valence-electron chi connectivity index (χ3n) is 6.97. The fourth-order valence-corrected chi connectivity index (χ4v) is 5.05. The van der Waals surface area contributed by atoms with Crippen LogP contribution in [0, 0.1) is 32.6 Å². The van der Waals surface area contributed by atoms with E-state index in [0.29, 0.717) is 34.6 Å². The first-order valence-electron chi connectivity index (χ1n) is 12.4. The largest absolute Gasteiger partial charge is 0.491 e. The first kappa shape index (κ1) is 25.6. The van der Waals surface area contributed by atoms with Crippen LogP contribution in [0.15, 0.2) is 22.7 Å². The molecule has 0 saturated heterocycles. The van der Waals surface area contributed by atoms with Gasteiger partial charge in [-0.25, -0.2) is 9.97 Å². The Bertz CT molecular complexity index is 1150. The van der Waals surface area contributed by atoms with E-state index in [1.165, 1.54) is 19.3 Å². The highest BCUT2D eigenvalue weighted by Crippen LogP contribution is 2.40. The van der Waals surface area contributed by atoms with Crippen molar-refractivity contribution in [3.63, 3.8) is 0 Å². The lowest BCUT2D eigenvalue weighted by atomic mass is 9.71. The molecule has 4 rings (SSSR count). The van der Waals surface area contributed by atoms with Crippen molar-refractivity contribution in [3.05, 3.63) is 45.9 Å². The van der Waals surface area contributed by atoms with E-state index >= 15 is 0 Å². The molecular formula is C27H35ClN4O3. The van der Waals surface area contributed by atoms with Crippen molar-refractivity contribution in [1.29, 1.82) is 0 Å². The summed E-state index contributed by atoms with van der Waals surface area (Å²) < 4.78 is 11.3. The van der Waals surface area contributed by atoms with Crippen molar-refractivity contribution >= 4 is 11.6 Å². The number of aromatic nitrogens is 3. The van der Waals surface area contributed by atoms with Crippen LogP contribution in [0.25, 0.3) is 22.6 Å². The lowest BCUT2D eigenvalue weighted by Crippen LogP contribution is -2.29. The second-order valence-electron chi connectivity index (χ2n) is 9.65. The Morgan fingerprint density at radius 1 is 1.20 bits per heavy atom. The van der Waals surface area contributed by atoms with E-state index in [1.807, 2.05) is 19.9 Å². The molecule has 0 spiro atoms. The van der Waals surface area contributed by atoms with Crippen LogP contribution in [-0.4, -0.2) is 46.5 Å². The predicted molar refractivity (Wildman–Crippen MR) is 138 cm³/mol. The molecule has 0 radical (unpaired) electrons. The molecule has 7 nitrogen and oxygen atoms in total. The first-order chi connectivity index (χ1) is 16.8. The fraction of sp³-hybridized carbons (Fsp3) is 0.519. The molecule has 0 aliphatic heterocycles. The second kappa shape index (κ2) is 11.1. The summed E-state index contributed by atoms with van der Waals surface area (Å²) in [5.74, 6) is 3.35. The average Bonchev–Trinajstić information content (AvgIpc) is 3.14. The van der Waals surface area contributed by atoms with Gasteiger partial charge in [-0.15, -0.1) is 0 Å². The monoisotopic (exact) mass is 498 g/mol. The molecule has 188 valence electrons. The number of halogens is 1. The molecule has 8 heteroatoms. The van der Waals surface area contributed by atoms with Gasteiger partial charge < -0.3 is 19.7 Å². The summed E-state index contributed by atoms with van der Waals surface area (Å²) in [7, 11) is 1.79.